The monoisotopic (exact) mass is 473 g/mol. The molecule has 0 fully saturated rings. The van der Waals surface area contributed by atoms with Crippen molar-refractivity contribution in [2.45, 2.75) is 37.8 Å². The van der Waals surface area contributed by atoms with E-state index in [2.05, 4.69) is 15.5 Å². The van der Waals surface area contributed by atoms with Gasteiger partial charge in [0.25, 0.3) is 0 Å². The Morgan fingerprint density at radius 3 is 2.91 bits per heavy atom. The number of amides is 1. The second-order valence-electron chi connectivity index (χ2n) is 7.12. The van der Waals surface area contributed by atoms with Gasteiger partial charge in [0.05, 0.1) is 17.7 Å². The molecule has 3 aromatic rings. The van der Waals surface area contributed by atoms with Crippen molar-refractivity contribution >= 4 is 40.0 Å². The maximum atomic E-state index is 12.5. The molecule has 1 aliphatic carbocycles. The zero-order chi connectivity index (χ0) is 22.7. The van der Waals surface area contributed by atoms with Crippen molar-refractivity contribution in [2.75, 3.05) is 23.5 Å². The summed E-state index contributed by atoms with van der Waals surface area (Å²) in [5, 5.41) is 22.0. The largest absolute Gasteiger partial charge is 0.507 e. The van der Waals surface area contributed by atoms with Crippen molar-refractivity contribution in [3.8, 4) is 17.1 Å². The summed E-state index contributed by atoms with van der Waals surface area (Å²) < 4.78 is 6.49. The number of anilines is 1. The zero-order valence-corrected chi connectivity index (χ0v) is 19.1. The van der Waals surface area contributed by atoms with Crippen molar-refractivity contribution in [1.29, 1.82) is 0 Å². The molecule has 1 aromatic carbocycles. The molecule has 168 valence electrons. The molecular formula is C21H23N5O4S2. The predicted molar refractivity (Wildman–Crippen MR) is 124 cm³/mol. The first-order valence-electron chi connectivity index (χ1n) is 10.2. The van der Waals surface area contributed by atoms with Crippen LogP contribution < -0.4 is 11.2 Å². The van der Waals surface area contributed by atoms with E-state index in [1.807, 2.05) is 0 Å². The first-order chi connectivity index (χ1) is 15.5. The molecule has 2 aromatic heterocycles. The van der Waals surface area contributed by atoms with E-state index in [0.29, 0.717) is 32.9 Å². The smallest absolute Gasteiger partial charge is 0.341 e. The molecule has 0 radical (unpaired) electrons. The van der Waals surface area contributed by atoms with Crippen LogP contribution in [0.5, 0.6) is 5.75 Å². The van der Waals surface area contributed by atoms with Crippen LogP contribution in [0.4, 0.5) is 5.00 Å². The molecule has 0 atom stereocenters. The fourth-order valence-electron chi connectivity index (χ4n) is 3.56. The normalized spacial score (nSPS) is 12.5. The first kappa shape index (κ1) is 22.2. The minimum absolute atomic E-state index is 0.0581. The number of nitrogens with two attached hydrogens (primary N) is 1. The van der Waals surface area contributed by atoms with Crippen molar-refractivity contribution in [3.05, 3.63) is 40.3 Å². The Balaban J connectivity index is 1.38. The van der Waals surface area contributed by atoms with Gasteiger partial charge in [-0.1, -0.05) is 23.9 Å². The number of benzene rings is 1. The number of para-hydroxylation sites is 1. The van der Waals surface area contributed by atoms with Gasteiger partial charge in [0.1, 0.15) is 10.8 Å². The molecule has 4 rings (SSSR count). The number of phenolic OH excluding ortho intramolecular Hbond substituents is 1. The van der Waals surface area contributed by atoms with Gasteiger partial charge in [-0.2, -0.15) is 0 Å². The number of hydrogen-bond acceptors (Lipinski definition) is 9. The van der Waals surface area contributed by atoms with Crippen LogP contribution in [0.15, 0.2) is 29.4 Å². The Labute approximate surface area is 193 Å². The minimum atomic E-state index is -0.385. The molecule has 1 aliphatic rings. The van der Waals surface area contributed by atoms with Gasteiger partial charge in [-0.15, -0.1) is 21.5 Å². The Kier molecular flexibility index (Phi) is 6.66. The van der Waals surface area contributed by atoms with E-state index >= 15 is 0 Å². The maximum Gasteiger partial charge on any atom is 0.341 e. The van der Waals surface area contributed by atoms with Gasteiger partial charge in [-0.3, -0.25) is 4.79 Å². The molecular weight excluding hydrogens is 450 g/mol. The summed E-state index contributed by atoms with van der Waals surface area (Å²) >= 11 is 2.74. The number of thioether (sulfide) groups is 1. The molecule has 0 saturated carbocycles. The van der Waals surface area contributed by atoms with E-state index in [0.717, 1.165) is 29.7 Å². The van der Waals surface area contributed by atoms with Gasteiger partial charge in [-0.25, -0.2) is 9.47 Å². The van der Waals surface area contributed by atoms with Crippen molar-refractivity contribution in [2.24, 2.45) is 0 Å². The third kappa shape index (κ3) is 4.44. The average molecular weight is 474 g/mol. The van der Waals surface area contributed by atoms with E-state index in [1.54, 1.807) is 31.2 Å². The van der Waals surface area contributed by atoms with Gasteiger partial charge < -0.3 is 21.0 Å². The van der Waals surface area contributed by atoms with E-state index in [1.165, 1.54) is 27.8 Å². The van der Waals surface area contributed by atoms with E-state index in [4.69, 9.17) is 10.6 Å². The Hall–Kier alpha value is -3.05. The standard InChI is InChI=1S/C21H23N5O4S2/c1-2-30-20(29)17-13-7-5-9-15(13)32-19(17)23-16(28)10-11-31-21-25-24-18(26(21)22)12-6-3-4-8-14(12)27/h3-4,6,8,27H,2,5,7,9-11,22H2,1H3,(H,23,28). The summed E-state index contributed by atoms with van der Waals surface area (Å²) in [6, 6.07) is 6.72. The number of fused-ring (bicyclic) bond motifs is 1. The Bertz CT molecular complexity index is 1160. The number of phenols is 1. The molecule has 1 amide bonds. The highest BCUT2D eigenvalue weighted by molar-refractivity contribution is 7.99. The average Bonchev–Trinajstić information content (AvgIpc) is 3.44. The van der Waals surface area contributed by atoms with Crippen LogP contribution in [0, 0.1) is 0 Å². The van der Waals surface area contributed by atoms with Crippen LogP contribution in [-0.4, -0.2) is 44.2 Å². The van der Waals surface area contributed by atoms with Gasteiger partial charge in [0.15, 0.2) is 5.82 Å². The third-order valence-corrected chi connectivity index (χ3v) is 7.18. The van der Waals surface area contributed by atoms with E-state index < -0.39 is 0 Å². The number of nitrogens with zero attached hydrogens (tertiary/aromatic N) is 3. The second kappa shape index (κ2) is 9.61. The lowest BCUT2D eigenvalue weighted by atomic mass is 10.1. The highest BCUT2D eigenvalue weighted by Crippen LogP contribution is 2.39. The molecule has 2 heterocycles. The van der Waals surface area contributed by atoms with Crippen LogP contribution in [0.3, 0.4) is 0 Å². The quantitative estimate of drug-likeness (QED) is 0.258. The van der Waals surface area contributed by atoms with Crippen molar-refractivity contribution in [3.63, 3.8) is 0 Å². The Morgan fingerprint density at radius 1 is 1.31 bits per heavy atom. The van der Waals surface area contributed by atoms with Crippen LogP contribution >= 0.6 is 23.1 Å². The molecule has 0 bridgehead atoms. The molecule has 0 spiro atoms. The molecule has 0 unspecified atom stereocenters. The lowest BCUT2D eigenvalue weighted by Crippen LogP contribution is -2.16. The molecule has 32 heavy (non-hydrogen) atoms. The van der Waals surface area contributed by atoms with Gasteiger partial charge in [-0.05, 0) is 43.9 Å². The summed E-state index contributed by atoms with van der Waals surface area (Å²) in [4.78, 5) is 26.1. The van der Waals surface area contributed by atoms with Gasteiger partial charge >= 0.3 is 5.97 Å². The number of aromatic nitrogens is 3. The fraction of sp³-hybridized carbons (Fsp3) is 0.333. The van der Waals surface area contributed by atoms with Crippen molar-refractivity contribution < 1.29 is 19.4 Å². The second-order valence-corrected chi connectivity index (χ2v) is 9.29. The summed E-state index contributed by atoms with van der Waals surface area (Å²) in [5.41, 5.74) is 1.98. The molecule has 0 aliphatic heterocycles. The number of rotatable bonds is 8. The lowest BCUT2D eigenvalue weighted by Gasteiger charge is -2.08. The molecule has 0 saturated heterocycles. The van der Waals surface area contributed by atoms with E-state index in [-0.39, 0.29) is 30.7 Å². The summed E-state index contributed by atoms with van der Waals surface area (Å²) in [7, 11) is 0. The molecule has 11 heteroatoms. The minimum Gasteiger partial charge on any atom is -0.507 e. The highest BCUT2D eigenvalue weighted by atomic mass is 32.2. The number of aromatic hydroxyl groups is 1. The Morgan fingerprint density at radius 2 is 2.12 bits per heavy atom. The summed E-state index contributed by atoms with van der Waals surface area (Å²) in [6.07, 6.45) is 2.97. The van der Waals surface area contributed by atoms with Crippen LogP contribution in [0.25, 0.3) is 11.4 Å². The van der Waals surface area contributed by atoms with Crippen LogP contribution in [0.1, 0.15) is 40.6 Å². The molecule has 4 N–H and O–H groups in total. The maximum absolute atomic E-state index is 12.5. The van der Waals surface area contributed by atoms with E-state index in [9.17, 15) is 14.7 Å². The lowest BCUT2D eigenvalue weighted by molar-refractivity contribution is -0.115. The van der Waals surface area contributed by atoms with Crippen LogP contribution in [-0.2, 0) is 22.4 Å². The number of hydrogen-bond donors (Lipinski definition) is 3. The number of nitrogen functional groups attached to an aromatic ring is 1. The number of carbonyl (C=O) groups is 2. The summed E-state index contributed by atoms with van der Waals surface area (Å²) in [6.45, 7) is 2.05. The zero-order valence-electron chi connectivity index (χ0n) is 17.5. The highest BCUT2D eigenvalue weighted by Gasteiger charge is 2.28. The van der Waals surface area contributed by atoms with Gasteiger partial charge in [0, 0.05) is 17.1 Å². The van der Waals surface area contributed by atoms with Crippen molar-refractivity contribution in [1.82, 2.24) is 14.9 Å². The number of aryl methyl sites for hydroxylation is 1. The summed E-state index contributed by atoms with van der Waals surface area (Å²) in [5.74, 6) is 6.30. The number of thiophene rings is 1. The SMILES string of the molecule is CCOC(=O)c1c(NC(=O)CCSc2nnc(-c3ccccc3O)n2N)sc2c1CCC2. The number of nitrogens with one attached hydrogen (secondary N) is 1. The van der Waals surface area contributed by atoms with Gasteiger partial charge in [0.2, 0.25) is 11.1 Å². The fourth-order valence-corrected chi connectivity index (χ4v) is 5.65. The molecule has 9 nitrogen and oxygen atoms in total. The topological polar surface area (TPSA) is 132 Å². The first-order valence-corrected chi connectivity index (χ1v) is 12.0. The number of ether oxygens (including phenoxy) is 1. The van der Waals surface area contributed by atoms with Crippen LogP contribution in [0.2, 0.25) is 0 Å². The number of esters is 1. The predicted octanol–water partition coefficient (Wildman–Crippen LogP) is 3.21. The number of carbonyl (C=O) groups excluding carboxylic acids is 2. The third-order valence-electron chi connectivity index (χ3n) is 5.02.